The Hall–Kier alpha value is -2.91. The van der Waals surface area contributed by atoms with Gasteiger partial charge in [0.05, 0.1) is 6.61 Å². The van der Waals surface area contributed by atoms with Gasteiger partial charge in [0.1, 0.15) is 18.7 Å². The van der Waals surface area contributed by atoms with Crippen molar-refractivity contribution < 1.29 is 24.2 Å². The topological polar surface area (TPSA) is 131 Å². The van der Waals surface area contributed by atoms with Crippen molar-refractivity contribution in [3.8, 4) is 0 Å². The molecule has 0 spiro atoms. The van der Waals surface area contributed by atoms with E-state index in [2.05, 4.69) is 26.6 Å². The van der Waals surface area contributed by atoms with Crippen LogP contribution in [0.4, 0.5) is 4.79 Å². The number of benzene rings is 2. The zero-order valence-corrected chi connectivity index (χ0v) is 17.1. The first-order chi connectivity index (χ1) is 13.9. The summed E-state index contributed by atoms with van der Waals surface area (Å²) in [6, 6.07) is 13.9. The molecule has 2 aromatic rings. The van der Waals surface area contributed by atoms with Gasteiger partial charge < -0.3 is 26.2 Å². The summed E-state index contributed by atoms with van der Waals surface area (Å²) < 4.78 is 5.85. The standard InChI is InChI=1S/C20H22BrN3O5/c21-15-8-4-7-14(9-15)10-16(18(22)26)23-19(27)17(11-25)24-20(28)29-12-13-5-2-1-3-6-13/h1-9,16-17,25H,10-12H2,(H2,22,26)(H,23,27)(H,24,28)/t16-,17-/m0/s1. The number of carbonyl (C=O) groups is 3. The van der Waals surface area contributed by atoms with Crippen LogP contribution in [0.2, 0.25) is 0 Å². The van der Waals surface area contributed by atoms with E-state index >= 15 is 0 Å². The maximum atomic E-state index is 12.4. The Balaban J connectivity index is 1.92. The lowest BCUT2D eigenvalue weighted by Crippen LogP contribution is -2.54. The van der Waals surface area contributed by atoms with Crippen LogP contribution in [0, 0.1) is 0 Å². The van der Waals surface area contributed by atoms with Crippen LogP contribution in [0.3, 0.4) is 0 Å². The second kappa shape index (κ2) is 11.2. The molecule has 154 valence electrons. The highest BCUT2D eigenvalue weighted by atomic mass is 79.9. The molecule has 0 saturated heterocycles. The molecule has 5 N–H and O–H groups in total. The predicted octanol–water partition coefficient (Wildman–Crippen LogP) is 1.25. The van der Waals surface area contributed by atoms with Crippen LogP contribution >= 0.6 is 15.9 Å². The number of hydrogen-bond donors (Lipinski definition) is 4. The van der Waals surface area contributed by atoms with Crippen LogP contribution in [0.15, 0.2) is 59.1 Å². The lowest BCUT2D eigenvalue weighted by atomic mass is 10.1. The number of hydrogen-bond acceptors (Lipinski definition) is 5. The highest BCUT2D eigenvalue weighted by molar-refractivity contribution is 9.10. The average Bonchev–Trinajstić information content (AvgIpc) is 2.70. The number of aliphatic hydroxyl groups is 1. The predicted molar refractivity (Wildman–Crippen MR) is 110 cm³/mol. The number of nitrogens with one attached hydrogen (secondary N) is 2. The van der Waals surface area contributed by atoms with Crippen molar-refractivity contribution >= 4 is 33.8 Å². The van der Waals surface area contributed by atoms with Crippen LogP contribution in [-0.2, 0) is 27.4 Å². The fourth-order valence-corrected chi connectivity index (χ4v) is 2.94. The van der Waals surface area contributed by atoms with Crippen LogP contribution < -0.4 is 16.4 Å². The third-order valence-corrected chi connectivity index (χ3v) is 4.49. The highest BCUT2D eigenvalue weighted by Crippen LogP contribution is 2.13. The summed E-state index contributed by atoms with van der Waals surface area (Å²) in [6.45, 7) is -0.659. The molecule has 0 fully saturated rings. The fraction of sp³-hybridized carbons (Fsp3) is 0.250. The van der Waals surface area contributed by atoms with E-state index in [1.807, 2.05) is 12.1 Å². The van der Waals surface area contributed by atoms with Crippen LogP contribution in [-0.4, -0.2) is 41.7 Å². The normalized spacial score (nSPS) is 12.5. The Kier molecular flexibility index (Phi) is 8.63. The summed E-state index contributed by atoms with van der Waals surface area (Å²) in [7, 11) is 0. The van der Waals surface area contributed by atoms with E-state index in [0.29, 0.717) is 0 Å². The van der Waals surface area contributed by atoms with Crippen molar-refractivity contribution in [3.05, 3.63) is 70.2 Å². The first-order valence-corrected chi connectivity index (χ1v) is 9.60. The molecule has 0 radical (unpaired) electrons. The van der Waals surface area contributed by atoms with Crippen LogP contribution in [0.1, 0.15) is 11.1 Å². The van der Waals surface area contributed by atoms with Gasteiger partial charge in [-0.25, -0.2) is 4.79 Å². The average molecular weight is 464 g/mol. The zero-order chi connectivity index (χ0) is 21.2. The van der Waals surface area contributed by atoms with Crippen molar-refractivity contribution in [1.82, 2.24) is 10.6 Å². The molecule has 0 bridgehead atoms. The van der Waals surface area contributed by atoms with Gasteiger partial charge in [0.25, 0.3) is 0 Å². The van der Waals surface area contributed by atoms with Crippen molar-refractivity contribution in [3.63, 3.8) is 0 Å². The van der Waals surface area contributed by atoms with Crippen LogP contribution in [0.25, 0.3) is 0 Å². The highest BCUT2D eigenvalue weighted by Gasteiger charge is 2.26. The molecule has 29 heavy (non-hydrogen) atoms. The third-order valence-electron chi connectivity index (χ3n) is 3.99. The minimum atomic E-state index is -1.29. The Bertz CT molecular complexity index is 847. The number of alkyl carbamates (subject to hydrolysis) is 1. The van der Waals surface area contributed by atoms with Gasteiger partial charge in [-0.3, -0.25) is 9.59 Å². The Morgan fingerprint density at radius 3 is 2.31 bits per heavy atom. The Labute approximate surface area is 176 Å². The lowest BCUT2D eigenvalue weighted by Gasteiger charge is -2.20. The van der Waals surface area contributed by atoms with E-state index in [0.717, 1.165) is 15.6 Å². The van der Waals surface area contributed by atoms with E-state index < -0.39 is 36.6 Å². The first kappa shape index (κ1) is 22.4. The molecule has 0 saturated carbocycles. The second-order valence-electron chi connectivity index (χ2n) is 6.24. The van der Waals surface area contributed by atoms with Crippen molar-refractivity contribution in [2.45, 2.75) is 25.1 Å². The first-order valence-electron chi connectivity index (χ1n) is 8.81. The quantitative estimate of drug-likeness (QED) is 0.444. The van der Waals surface area contributed by atoms with Gasteiger partial charge in [0.2, 0.25) is 11.8 Å². The summed E-state index contributed by atoms with van der Waals surface area (Å²) in [5.74, 6) is -1.48. The van der Waals surface area contributed by atoms with Gasteiger partial charge in [-0.05, 0) is 23.3 Å². The van der Waals surface area contributed by atoms with Gasteiger partial charge in [-0.1, -0.05) is 58.4 Å². The molecule has 0 aliphatic rings. The summed E-state index contributed by atoms with van der Waals surface area (Å²) in [5.41, 5.74) is 6.94. The van der Waals surface area contributed by atoms with Crippen molar-refractivity contribution in [1.29, 1.82) is 0 Å². The minimum absolute atomic E-state index is 0.0131. The summed E-state index contributed by atoms with van der Waals surface area (Å²) in [4.78, 5) is 36.1. The summed E-state index contributed by atoms with van der Waals surface area (Å²) >= 11 is 3.34. The molecule has 0 unspecified atom stereocenters. The molecular weight excluding hydrogens is 442 g/mol. The molecular formula is C20H22BrN3O5. The van der Waals surface area contributed by atoms with E-state index in [1.165, 1.54) is 0 Å². The zero-order valence-electron chi connectivity index (χ0n) is 15.5. The molecule has 0 heterocycles. The maximum Gasteiger partial charge on any atom is 0.408 e. The van der Waals surface area contributed by atoms with E-state index in [9.17, 15) is 19.5 Å². The number of ether oxygens (including phenoxy) is 1. The SMILES string of the molecule is NC(=O)[C@H](Cc1cccc(Br)c1)NC(=O)[C@H](CO)NC(=O)OCc1ccccc1. The third kappa shape index (κ3) is 7.55. The lowest BCUT2D eigenvalue weighted by molar-refractivity contribution is -0.129. The van der Waals surface area contributed by atoms with Crippen LogP contribution in [0.5, 0.6) is 0 Å². The maximum absolute atomic E-state index is 12.4. The number of aliphatic hydroxyl groups excluding tert-OH is 1. The molecule has 0 aliphatic carbocycles. The number of amides is 3. The number of nitrogens with two attached hydrogens (primary N) is 1. The van der Waals surface area contributed by atoms with E-state index in [1.54, 1.807) is 42.5 Å². The summed E-state index contributed by atoms with van der Waals surface area (Å²) in [5, 5.41) is 14.2. The number of carbonyl (C=O) groups excluding carboxylic acids is 3. The Morgan fingerprint density at radius 1 is 1.00 bits per heavy atom. The van der Waals surface area contributed by atoms with E-state index in [-0.39, 0.29) is 13.0 Å². The molecule has 9 heteroatoms. The fourth-order valence-electron chi connectivity index (χ4n) is 2.50. The molecule has 8 nitrogen and oxygen atoms in total. The van der Waals surface area contributed by atoms with Gasteiger partial charge in [-0.15, -0.1) is 0 Å². The van der Waals surface area contributed by atoms with Gasteiger partial charge >= 0.3 is 6.09 Å². The molecule has 0 aliphatic heterocycles. The van der Waals surface area contributed by atoms with Gasteiger partial charge in [-0.2, -0.15) is 0 Å². The van der Waals surface area contributed by atoms with Gasteiger partial charge in [0, 0.05) is 10.9 Å². The van der Waals surface area contributed by atoms with Crippen molar-refractivity contribution in [2.75, 3.05) is 6.61 Å². The van der Waals surface area contributed by atoms with Crippen molar-refractivity contribution in [2.24, 2.45) is 5.73 Å². The molecule has 3 amide bonds. The molecule has 2 rings (SSSR count). The summed E-state index contributed by atoms with van der Waals surface area (Å²) in [6.07, 6.45) is -0.706. The minimum Gasteiger partial charge on any atom is -0.445 e. The largest absolute Gasteiger partial charge is 0.445 e. The molecule has 2 aromatic carbocycles. The smallest absolute Gasteiger partial charge is 0.408 e. The number of halogens is 1. The van der Waals surface area contributed by atoms with E-state index in [4.69, 9.17) is 10.5 Å². The van der Waals surface area contributed by atoms with Gasteiger partial charge in [0.15, 0.2) is 0 Å². The Morgan fingerprint density at radius 2 is 1.69 bits per heavy atom. The molecule has 0 aromatic heterocycles. The second-order valence-corrected chi connectivity index (χ2v) is 7.15. The molecule has 2 atom stereocenters. The number of primary amides is 1. The monoisotopic (exact) mass is 463 g/mol. The number of rotatable bonds is 9.